The molecule has 20 heavy (non-hydrogen) atoms. The van der Waals surface area contributed by atoms with Crippen LogP contribution in [0.5, 0.6) is 11.5 Å². The van der Waals surface area contributed by atoms with E-state index in [2.05, 4.69) is 15.9 Å². The second-order valence-corrected chi connectivity index (χ2v) is 5.05. The summed E-state index contributed by atoms with van der Waals surface area (Å²) in [6.45, 7) is 0.534. The monoisotopic (exact) mass is 339 g/mol. The Balaban J connectivity index is 2.23. The van der Waals surface area contributed by atoms with Crippen molar-refractivity contribution in [2.45, 2.75) is 13.2 Å². The van der Waals surface area contributed by atoms with E-state index in [4.69, 9.17) is 15.2 Å². The Kier molecular flexibility index (Phi) is 4.98. The molecule has 0 aliphatic carbocycles. The van der Waals surface area contributed by atoms with Gasteiger partial charge in [-0.3, -0.25) is 0 Å². The number of rotatable bonds is 5. The molecule has 0 aromatic heterocycles. The van der Waals surface area contributed by atoms with Crippen molar-refractivity contribution in [3.05, 3.63) is 57.8 Å². The molecule has 5 heteroatoms. The molecule has 0 saturated carbocycles. The molecule has 0 saturated heterocycles. The topological polar surface area (TPSA) is 44.5 Å². The molecule has 0 amide bonds. The molecule has 0 aliphatic rings. The summed E-state index contributed by atoms with van der Waals surface area (Å²) in [5, 5.41) is 0. The van der Waals surface area contributed by atoms with E-state index < -0.39 is 0 Å². The molecule has 0 atom stereocenters. The van der Waals surface area contributed by atoms with Crippen LogP contribution in [0, 0.1) is 5.82 Å². The van der Waals surface area contributed by atoms with Crippen LogP contribution in [0.25, 0.3) is 0 Å². The highest BCUT2D eigenvalue weighted by molar-refractivity contribution is 9.10. The van der Waals surface area contributed by atoms with Crippen LogP contribution in [0.15, 0.2) is 40.9 Å². The lowest BCUT2D eigenvalue weighted by Gasteiger charge is -2.14. The largest absolute Gasteiger partial charge is 0.493 e. The van der Waals surface area contributed by atoms with Gasteiger partial charge in [-0.15, -0.1) is 0 Å². The molecule has 0 heterocycles. The minimum Gasteiger partial charge on any atom is -0.493 e. The smallest absolute Gasteiger partial charge is 0.175 e. The quantitative estimate of drug-likeness (QED) is 0.904. The van der Waals surface area contributed by atoms with Crippen LogP contribution in [-0.2, 0) is 13.2 Å². The Morgan fingerprint density at radius 1 is 1.25 bits per heavy atom. The highest BCUT2D eigenvalue weighted by atomic mass is 79.9. The van der Waals surface area contributed by atoms with Gasteiger partial charge in [0.25, 0.3) is 0 Å². The molecule has 0 unspecified atom stereocenters. The first-order valence-corrected chi connectivity index (χ1v) is 6.87. The van der Waals surface area contributed by atoms with E-state index >= 15 is 0 Å². The molecule has 0 aliphatic heterocycles. The van der Waals surface area contributed by atoms with E-state index in [1.54, 1.807) is 31.4 Å². The van der Waals surface area contributed by atoms with Gasteiger partial charge in [0.05, 0.1) is 11.6 Å². The van der Waals surface area contributed by atoms with Crippen molar-refractivity contribution in [1.29, 1.82) is 0 Å². The maximum Gasteiger partial charge on any atom is 0.175 e. The maximum absolute atomic E-state index is 13.6. The van der Waals surface area contributed by atoms with Gasteiger partial charge >= 0.3 is 0 Å². The summed E-state index contributed by atoms with van der Waals surface area (Å²) in [5.74, 6) is 0.810. The summed E-state index contributed by atoms with van der Waals surface area (Å²) in [6, 6.07) is 10.2. The number of nitrogens with two attached hydrogens (primary N) is 1. The van der Waals surface area contributed by atoms with Gasteiger partial charge in [0, 0.05) is 12.1 Å². The highest BCUT2D eigenvalue weighted by Crippen LogP contribution is 2.37. The number of hydrogen-bond donors (Lipinski definition) is 1. The van der Waals surface area contributed by atoms with Gasteiger partial charge in [-0.25, -0.2) is 4.39 Å². The number of hydrogen-bond acceptors (Lipinski definition) is 3. The lowest BCUT2D eigenvalue weighted by Crippen LogP contribution is -2.03. The fraction of sp³-hybridized carbons (Fsp3) is 0.200. The van der Waals surface area contributed by atoms with Crippen molar-refractivity contribution in [2.24, 2.45) is 5.73 Å². The summed E-state index contributed by atoms with van der Waals surface area (Å²) >= 11 is 3.42. The summed E-state index contributed by atoms with van der Waals surface area (Å²) < 4.78 is 25.2. The van der Waals surface area contributed by atoms with Crippen LogP contribution in [0.2, 0.25) is 0 Å². The number of ether oxygens (including phenoxy) is 2. The molecular weight excluding hydrogens is 325 g/mol. The van der Waals surface area contributed by atoms with E-state index in [9.17, 15) is 4.39 Å². The second-order valence-electron chi connectivity index (χ2n) is 4.19. The predicted octanol–water partition coefficient (Wildman–Crippen LogP) is 3.63. The summed E-state index contributed by atoms with van der Waals surface area (Å²) in [5.41, 5.74) is 7.02. The average molecular weight is 340 g/mol. The number of halogens is 2. The first-order valence-electron chi connectivity index (χ1n) is 6.08. The Labute approximate surface area is 125 Å². The maximum atomic E-state index is 13.6. The van der Waals surface area contributed by atoms with Gasteiger partial charge in [-0.1, -0.05) is 18.2 Å². The SMILES string of the molecule is COc1cc(CN)cc(Br)c1OCc1ccccc1F. The fourth-order valence-electron chi connectivity index (χ4n) is 1.80. The first kappa shape index (κ1) is 14.8. The molecule has 2 aromatic rings. The Hall–Kier alpha value is -1.59. The molecule has 106 valence electrons. The fourth-order valence-corrected chi connectivity index (χ4v) is 2.40. The predicted molar refractivity (Wildman–Crippen MR) is 79.3 cm³/mol. The molecule has 0 radical (unpaired) electrons. The van der Waals surface area contributed by atoms with Crippen LogP contribution in [0.4, 0.5) is 4.39 Å². The third-order valence-corrected chi connectivity index (χ3v) is 3.44. The van der Waals surface area contributed by atoms with Crippen molar-refractivity contribution in [3.8, 4) is 11.5 Å². The molecular formula is C15H15BrFNO2. The molecule has 0 fully saturated rings. The average Bonchev–Trinajstić information content (AvgIpc) is 2.46. The van der Waals surface area contributed by atoms with Gasteiger partial charge < -0.3 is 15.2 Å². The van der Waals surface area contributed by atoms with Crippen molar-refractivity contribution < 1.29 is 13.9 Å². The second kappa shape index (κ2) is 6.72. The van der Waals surface area contributed by atoms with Crippen molar-refractivity contribution >= 4 is 15.9 Å². The first-order chi connectivity index (χ1) is 9.65. The van der Waals surface area contributed by atoms with Gasteiger partial charge in [0.1, 0.15) is 12.4 Å². The lowest BCUT2D eigenvalue weighted by molar-refractivity contribution is 0.277. The van der Waals surface area contributed by atoms with E-state index in [0.29, 0.717) is 23.6 Å². The Morgan fingerprint density at radius 2 is 2.00 bits per heavy atom. The molecule has 0 bridgehead atoms. The van der Waals surface area contributed by atoms with Gasteiger partial charge in [0.15, 0.2) is 11.5 Å². The number of benzene rings is 2. The minimum atomic E-state index is -0.291. The van der Waals surface area contributed by atoms with Crippen LogP contribution >= 0.6 is 15.9 Å². The van der Waals surface area contributed by atoms with Gasteiger partial charge in [-0.2, -0.15) is 0 Å². The highest BCUT2D eigenvalue weighted by Gasteiger charge is 2.12. The zero-order valence-corrected chi connectivity index (χ0v) is 12.6. The zero-order valence-electron chi connectivity index (χ0n) is 11.0. The van der Waals surface area contributed by atoms with Crippen LogP contribution in [0.1, 0.15) is 11.1 Å². The van der Waals surface area contributed by atoms with E-state index in [1.807, 2.05) is 6.07 Å². The molecule has 2 rings (SSSR count). The van der Waals surface area contributed by atoms with Crippen LogP contribution in [-0.4, -0.2) is 7.11 Å². The Bertz CT molecular complexity index is 604. The summed E-state index contributed by atoms with van der Waals surface area (Å²) in [6.07, 6.45) is 0. The molecule has 3 nitrogen and oxygen atoms in total. The van der Waals surface area contributed by atoms with Crippen LogP contribution in [0.3, 0.4) is 0 Å². The van der Waals surface area contributed by atoms with Gasteiger partial charge in [0.2, 0.25) is 0 Å². The normalized spacial score (nSPS) is 10.4. The van der Waals surface area contributed by atoms with Crippen molar-refractivity contribution in [1.82, 2.24) is 0 Å². The number of methoxy groups -OCH3 is 1. The molecule has 2 N–H and O–H groups in total. The molecule has 0 spiro atoms. The standard InChI is InChI=1S/C15H15BrFNO2/c1-19-14-7-10(8-18)6-12(16)15(14)20-9-11-4-2-3-5-13(11)17/h2-7H,8-9,18H2,1H3. The van der Waals surface area contributed by atoms with E-state index in [0.717, 1.165) is 10.0 Å². The van der Waals surface area contributed by atoms with E-state index in [-0.39, 0.29) is 12.4 Å². The van der Waals surface area contributed by atoms with E-state index in [1.165, 1.54) is 6.07 Å². The lowest BCUT2D eigenvalue weighted by atomic mass is 10.2. The third kappa shape index (κ3) is 3.29. The Morgan fingerprint density at radius 3 is 2.65 bits per heavy atom. The summed E-state index contributed by atoms with van der Waals surface area (Å²) in [7, 11) is 1.55. The van der Waals surface area contributed by atoms with Crippen molar-refractivity contribution in [3.63, 3.8) is 0 Å². The van der Waals surface area contributed by atoms with Crippen molar-refractivity contribution in [2.75, 3.05) is 7.11 Å². The zero-order chi connectivity index (χ0) is 14.5. The van der Waals surface area contributed by atoms with Crippen LogP contribution < -0.4 is 15.2 Å². The van der Waals surface area contributed by atoms with Gasteiger partial charge in [-0.05, 0) is 39.7 Å². The summed E-state index contributed by atoms with van der Waals surface area (Å²) in [4.78, 5) is 0. The third-order valence-electron chi connectivity index (χ3n) is 2.85. The molecule has 2 aromatic carbocycles. The minimum absolute atomic E-state index is 0.129.